The molecule has 10 heavy (non-hydrogen) atoms. The van der Waals surface area contributed by atoms with Crippen molar-refractivity contribution in [3.8, 4) is 0 Å². The molecule has 0 aromatic carbocycles. The predicted octanol–water partition coefficient (Wildman–Crippen LogP) is 0.150. The van der Waals surface area contributed by atoms with Crippen LogP contribution in [0.2, 0.25) is 0 Å². The molecule has 0 atom stereocenters. The van der Waals surface area contributed by atoms with Crippen LogP contribution in [0, 0.1) is 0 Å². The highest BCUT2D eigenvalue weighted by atomic mass is 16.1. The Labute approximate surface area is 58.9 Å². The summed E-state index contributed by atoms with van der Waals surface area (Å²) in [7, 11) is 0. The van der Waals surface area contributed by atoms with Crippen molar-refractivity contribution in [2.75, 3.05) is 5.73 Å². The lowest BCUT2D eigenvalue weighted by Gasteiger charge is -1.84. The van der Waals surface area contributed by atoms with Gasteiger partial charge in [-0.2, -0.15) is 0 Å². The van der Waals surface area contributed by atoms with Gasteiger partial charge in [-0.1, -0.05) is 7.43 Å². The lowest BCUT2D eigenvalue weighted by Crippen LogP contribution is -2.10. The zero-order chi connectivity index (χ0) is 5.98. The fourth-order valence-electron chi connectivity index (χ4n) is 0.383. The molecule has 0 unspecified atom stereocenters. The standard InChI is InChI=1S/C4H5N3O.CH4.H3N/c5-3-1-2-6-4(8)7-3;;/h1-2H,(H3,5,6,7,8);1H4;1H3. The molecule has 0 aliphatic rings. The summed E-state index contributed by atoms with van der Waals surface area (Å²) in [6.45, 7) is 0. The van der Waals surface area contributed by atoms with Crippen molar-refractivity contribution in [1.82, 2.24) is 16.1 Å². The maximum Gasteiger partial charge on any atom is 0.346 e. The molecule has 1 rings (SSSR count). The number of nitrogens with two attached hydrogens (primary N) is 1. The average Bonchev–Trinajstić information content (AvgIpc) is 1.64. The van der Waals surface area contributed by atoms with Gasteiger partial charge in [0.15, 0.2) is 0 Å². The van der Waals surface area contributed by atoms with Gasteiger partial charge in [0.2, 0.25) is 0 Å². The highest BCUT2D eigenvalue weighted by molar-refractivity contribution is 5.22. The lowest BCUT2D eigenvalue weighted by atomic mass is 10.6. The van der Waals surface area contributed by atoms with Gasteiger partial charge in [-0.15, -0.1) is 0 Å². The van der Waals surface area contributed by atoms with Crippen molar-refractivity contribution in [1.29, 1.82) is 0 Å². The zero-order valence-corrected chi connectivity index (χ0v) is 4.79. The van der Waals surface area contributed by atoms with Crippen molar-refractivity contribution in [3.63, 3.8) is 0 Å². The monoisotopic (exact) mass is 144 g/mol. The molecule has 5 nitrogen and oxygen atoms in total. The van der Waals surface area contributed by atoms with Gasteiger partial charge in [-0.05, 0) is 6.07 Å². The van der Waals surface area contributed by atoms with Crippen LogP contribution < -0.4 is 17.6 Å². The quantitative estimate of drug-likeness (QED) is 0.481. The number of anilines is 1. The first-order valence-electron chi connectivity index (χ1n) is 2.10. The van der Waals surface area contributed by atoms with Crippen LogP contribution in [-0.4, -0.2) is 9.97 Å². The maximum atomic E-state index is 10.2. The van der Waals surface area contributed by atoms with E-state index in [9.17, 15) is 4.79 Å². The second kappa shape index (κ2) is 4.51. The van der Waals surface area contributed by atoms with E-state index in [0.29, 0.717) is 5.82 Å². The number of hydrogen-bond donors (Lipinski definition) is 3. The van der Waals surface area contributed by atoms with Crippen LogP contribution in [-0.2, 0) is 0 Å². The molecule has 1 heterocycles. The number of nitrogens with one attached hydrogen (secondary N) is 1. The van der Waals surface area contributed by atoms with Gasteiger partial charge in [0.1, 0.15) is 5.82 Å². The number of rotatable bonds is 0. The fourth-order valence-corrected chi connectivity index (χ4v) is 0.383. The number of aromatic nitrogens is 2. The zero-order valence-electron chi connectivity index (χ0n) is 4.79. The average molecular weight is 144 g/mol. The molecule has 1 aromatic rings. The summed E-state index contributed by atoms with van der Waals surface area (Å²) in [4.78, 5) is 15.9. The number of nitrogens with zero attached hydrogens (tertiary/aromatic N) is 1. The van der Waals surface area contributed by atoms with Crippen LogP contribution in [0.1, 0.15) is 7.43 Å². The minimum atomic E-state index is -0.412. The largest absolute Gasteiger partial charge is 0.385 e. The van der Waals surface area contributed by atoms with E-state index in [4.69, 9.17) is 5.73 Å². The third-order valence-corrected chi connectivity index (χ3v) is 0.697. The Morgan fingerprint density at radius 3 is 2.50 bits per heavy atom. The lowest BCUT2D eigenvalue weighted by molar-refractivity contribution is 1.08. The molecule has 0 saturated heterocycles. The maximum absolute atomic E-state index is 10.2. The van der Waals surface area contributed by atoms with Gasteiger partial charge in [-0.25, -0.2) is 9.78 Å². The molecule has 5 heteroatoms. The SMILES string of the molecule is C.N.Nc1ccnc(=O)[nH]1. The van der Waals surface area contributed by atoms with Crippen LogP contribution in [0.3, 0.4) is 0 Å². The summed E-state index contributed by atoms with van der Waals surface area (Å²) < 4.78 is 0. The molecule has 6 N–H and O–H groups in total. The predicted molar refractivity (Wildman–Crippen MR) is 41.0 cm³/mol. The van der Waals surface area contributed by atoms with E-state index in [0.717, 1.165) is 0 Å². The van der Waals surface area contributed by atoms with Gasteiger partial charge in [0.05, 0.1) is 0 Å². The van der Waals surface area contributed by atoms with E-state index < -0.39 is 5.69 Å². The Morgan fingerprint density at radius 1 is 1.60 bits per heavy atom. The summed E-state index contributed by atoms with van der Waals surface area (Å²) in [5.74, 6) is 0.338. The van der Waals surface area contributed by atoms with Crippen molar-refractivity contribution < 1.29 is 0 Å². The first-order valence-corrected chi connectivity index (χ1v) is 2.10. The second-order valence-electron chi connectivity index (χ2n) is 1.33. The molecular weight excluding hydrogens is 132 g/mol. The molecular formula is C5H12N4O. The summed E-state index contributed by atoms with van der Waals surface area (Å²) in [6, 6.07) is 1.52. The third kappa shape index (κ3) is 2.83. The Kier molecular flexibility index (Phi) is 5.16. The van der Waals surface area contributed by atoms with Gasteiger partial charge in [-0.3, -0.25) is 4.98 Å². The number of H-pyrrole nitrogens is 1. The smallest absolute Gasteiger partial charge is 0.346 e. The van der Waals surface area contributed by atoms with Crippen LogP contribution in [0.5, 0.6) is 0 Å². The highest BCUT2D eigenvalue weighted by Crippen LogP contribution is 1.82. The normalized spacial score (nSPS) is 7.20. The molecule has 0 bridgehead atoms. The highest BCUT2D eigenvalue weighted by Gasteiger charge is 1.80. The van der Waals surface area contributed by atoms with Gasteiger partial charge in [0.25, 0.3) is 0 Å². The first kappa shape index (κ1) is 11.4. The van der Waals surface area contributed by atoms with Crippen molar-refractivity contribution in [2.45, 2.75) is 7.43 Å². The molecule has 1 aromatic heterocycles. The van der Waals surface area contributed by atoms with E-state index in [1.807, 2.05) is 0 Å². The number of hydrogen-bond acceptors (Lipinski definition) is 4. The molecule has 0 spiro atoms. The summed E-state index contributed by atoms with van der Waals surface area (Å²) >= 11 is 0. The first-order chi connectivity index (χ1) is 3.79. The van der Waals surface area contributed by atoms with Crippen LogP contribution in [0.4, 0.5) is 5.82 Å². The van der Waals surface area contributed by atoms with E-state index in [-0.39, 0.29) is 13.6 Å². The van der Waals surface area contributed by atoms with E-state index in [1.54, 1.807) is 0 Å². The van der Waals surface area contributed by atoms with Gasteiger partial charge in [0, 0.05) is 6.20 Å². The van der Waals surface area contributed by atoms with Crippen molar-refractivity contribution >= 4 is 5.82 Å². The summed E-state index contributed by atoms with van der Waals surface area (Å²) in [5, 5.41) is 0. The molecule has 0 fully saturated rings. The molecule has 0 saturated carbocycles. The Bertz CT molecular complexity index is 231. The molecule has 0 aliphatic carbocycles. The Morgan fingerprint density at radius 2 is 2.20 bits per heavy atom. The third-order valence-electron chi connectivity index (χ3n) is 0.697. The summed E-state index contributed by atoms with van der Waals surface area (Å²) in [5.41, 5.74) is 4.75. The molecule has 58 valence electrons. The molecule has 0 amide bonds. The van der Waals surface area contributed by atoms with Crippen LogP contribution >= 0.6 is 0 Å². The van der Waals surface area contributed by atoms with Gasteiger partial charge < -0.3 is 11.9 Å². The number of nitrogen functional groups attached to an aromatic ring is 1. The number of aromatic amines is 1. The topological polar surface area (TPSA) is 107 Å². The van der Waals surface area contributed by atoms with E-state index in [2.05, 4.69) is 9.97 Å². The molecule has 0 aliphatic heterocycles. The minimum absolute atomic E-state index is 0. The van der Waals surface area contributed by atoms with Crippen molar-refractivity contribution in [3.05, 3.63) is 22.7 Å². The van der Waals surface area contributed by atoms with Crippen molar-refractivity contribution in [2.24, 2.45) is 0 Å². The van der Waals surface area contributed by atoms with E-state index >= 15 is 0 Å². The van der Waals surface area contributed by atoms with Crippen LogP contribution in [0.15, 0.2) is 17.1 Å². The van der Waals surface area contributed by atoms with E-state index in [1.165, 1.54) is 12.3 Å². The summed E-state index contributed by atoms with van der Waals surface area (Å²) in [6.07, 6.45) is 1.36. The Hall–Kier alpha value is -1.36. The second-order valence-corrected chi connectivity index (χ2v) is 1.33. The Balaban J connectivity index is 0. The molecule has 0 radical (unpaired) electrons. The minimum Gasteiger partial charge on any atom is -0.385 e. The van der Waals surface area contributed by atoms with Crippen LogP contribution in [0.25, 0.3) is 0 Å². The van der Waals surface area contributed by atoms with Gasteiger partial charge >= 0.3 is 5.69 Å². The fraction of sp³-hybridized carbons (Fsp3) is 0.200.